The quantitative estimate of drug-likeness (QED) is 0.0854. The number of carbonyl (C=O) groups is 1. The number of esters is 1. The van der Waals surface area contributed by atoms with Crippen LogP contribution in [-0.2, 0) is 9.53 Å². The van der Waals surface area contributed by atoms with Crippen molar-refractivity contribution in [3.63, 3.8) is 0 Å². The summed E-state index contributed by atoms with van der Waals surface area (Å²) in [5.74, 6) is -0.125. The second-order valence-electron chi connectivity index (χ2n) is 17.4. The van der Waals surface area contributed by atoms with Crippen LogP contribution in [0.25, 0.3) is 10.8 Å². The van der Waals surface area contributed by atoms with E-state index in [1.54, 1.807) is 0 Å². The Morgan fingerprint density at radius 1 is 0.655 bits per heavy atom. The number of nitrogens with one attached hydrogen (secondary N) is 3. The first-order valence-corrected chi connectivity index (χ1v) is 21.2. The monoisotopic (exact) mass is 771 g/mol. The van der Waals surface area contributed by atoms with Crippen molar-refractivity contribution in [2.45, 2.75) is 112 Å². The molecule has 0 heterocycles. The molecule has 300 valence electrons. The van der Waals surface area contributed by atoms with Gasteiger partial charge in [0.1, 0.15) is 6.10 Å². The van der Waals surface area contributed by atoms with Crippen molar-refractivity contribution in [3.8, 4) is 0 Å². The molecule has 0 radical (unpaired) electrons. The zero-order chi connectivity index (χ0) is 41.1. The van der Waals surface area contributed by atoms with Crippen LogP contribution in [0.4, 0.5) is 28.4 Å². The number of rotatable bonds is 12. The topological polar surface area (TPSA) is 62.4 Å². The number of fused-ring (bicyclic) bond motifs is 1. The summed E-state index contributed by atoms with van der Waals surface area (Å²) in [6, 6.07) is 40.2. The van der Waals surface area contributed by atoms with E-state index in [0.717, 1.165) is 60.5 Å². The van der Waals surface area contributed by atoms with Crippen LogP contribution in [0, 0.1) is 47.0 Å². The highest BCUT2D eigenvalue weighted by Crippen LogP contribution is 2.41. The van der Waals surface area contributed by atoms with E-state index in [9.17, 15) is 4.79 Å². The fourth-order valence-corrected chi connectivity index (χ4v) is 8.86. The molecule has 1 fully saturated rings. The lowest BCUT2D eigenvalue weighted by Crippen LogP contribution is -2.42. The van der Waals surface area contributed by atoms with Gasteiger partial charge in [-0.3, -0.25) is 4.79 Å². The molecule has 2 unspecified atom stereocenters. The fraction of sp³-hybridized carbons (Fsp3) is 0.340. The molecule has 7 rings (SSSR count). The summed E-state index contributed by atoms with van der Waals surface area (Å²) in [6.45, 7) is 19.0. The van der Waals surface area contributed by atoms with Gasteiger partial charge >= 0.3 is 5.97 Å². The third kappa shape index (κ3) is 8.79. The molecule has 2 atom stereocenters. The third-order valence-corrected chi connectivity index (χ3v) is 12.4. The maximum atomic E-state index is 13.2. The highest BCUT2D eigenvalue weighted by Gasteiger charge is 2.34. The van der Waals surface area contributed by atoms with Gasteiger partial charge in [0, 0.05) is 39.7 Å². The average molecular weight is 772 g/mol. The Balaban J connectivity index is 1.25. The van der Waals surface area contributed by atoms with Crippen LogP contribution < -0.4 is 16.0 Å². The van der Waals surface area contributed by atoms with Gasteiger partial charge in [0.15, 0.2) is 0 Å². The number of hydrogen-bond acceptors (Lipinski definition) is 5. The number of ether oxygens (including phenoxy) is 1. The first kappa shape index (κ1) is 40.6. The van der Waals surface area contributed by atoms with Crippen LogP contribution in [0.3, 0.4) is 0 Å². The molecule has 1 saturated carbocycles. The summed E-state index contributed by atoms with van der Waals surface area (Å²) in [6.07, 6.45) is 4.62. The first-order chi connectivity index (χ1) is 27.8. The lowest BCUT2D eigenvalue weighted by molar-refractivity contribution is -0.161. The van der Waals surface area contributed by atoms with Crippen molar-refractivity contribution in [1.82, 2.24) is 0 Å². The summed E-state index contributed by atoms with van der Waals surface area (Å²) >= 11 is 0. The minimum atomic E-state index is -0.495. The molecule has 1 aliphatic rings. The molecule has 6 aromatic carbocycles. The largest absolute Gasteiger partial charge is 0.460 e. The molecule has 6 aromatic rings. The Kier molecular flexibility index (Phi) is 12.0. The summed E-state index contributed by atoms with van der Waals surface area (Å²) in [4.78, 5) is 13.2. The Labute approximate surface area is 346 Å². The molecule has 0 aromatic heterocycles. The molecule has 0 spiro atoms. The van der Waals surface area contributed by atoms with Crippen molar-refractivity contribution in [3.05, 3.63) is 159 Å². The van der Waals surface area contributed by atoms with E-state index in [2.05, 4.69) is 174 Å². The van der Waals surface area contributed by atoms with Gasteiger partial charge in [0.2, 0.25) is 0 Å². The molecule has 5 nitrogen and oxygen atoms in total. The van der Waals surface area contributed by atoms with Gasteiger partial charge < -0.3 is 20.7 Å². The average Bonchev–Trinajstić information content (AvgIpc) is 3.20. The van der Waals surface area contributed by atoms with Crippen LogP contribution in [0.1, 0.15) is 109 Å². The predicted octanol–water partition coefficient (Wildman–Crippen LogP) is 14.1. The maximum absolute atomic E-state index is 13.2. The van der Waals surface area contributed by atoms with E-state index in [1.165, 1.54) is 60.8 Å². The molecule has 1 aliphatic carbocycles. The first-order valence-electron chi connectivity index (χ1n) is 21.2. The van der Waals surface area contributed by atoms with E-state index in [1.807, 2.05) is 13.8 Å². The Bertz CT molecular complexity index is 2260. The Morgan fingerprint density at radius 2 is 1.14 bits per heavy atom. The van der Waals surface area contributed by atoms with Gasteiger partial charge in [-0.05, 0) is 156 Å². The van der Waals surface area contributed by atoms with Crippen LogP contribution in [-0.4, -0.2) is 18.1 Å². The molecular weight excluding hydrogens is 711 g/mol. The van der Waals surface area contributed by atoms with E-state index in [4.69, 9.17) is 4.74 Å². The lowest BCUT2D eigenvalue weighted by atomic mass is 9.82. The van der Waals surface area contributed by atoms with Crippen LogP contribution in [0.15, 0.2) is 109 Å². The lowest BCUT2D eigenvalue weighted by Gasteiger charge is -2.35. The van der Waals surface area contributed by atoms with Gasteiger partial charge in [-0.25, -0.2) is 0 Å². The number of benzene rings is 6. The molecule has 0 aliphatic heterocycles. The number of hydrogen-bond donors (Lipinski definition) is 3. The van der Waals surface area contributed by atoms with Crippen LogP contribution in [0.5, 0.6) is 0 Å². The number of aryl methyl sites for hydroxylation is 6. The molecule has 58 heavy (non-hydrogen) atoms. The van der Waals surface area contributed by atoms with E-state index in [0.29, 0.717) is 0 Å². The van der Waals surface area contributed by atoms with Gasteiger partial charge in [-0.2, -0.15) is 0 Å². The second-order valence-corrected chi connectivity index (χ2v) is 17.4. The third-order valence-electron chi connectivity index (χ3n) is 12.4. The highest BCUT2D eigenvalue weighted by atomic mass is 16.5. The van der Waals surface area contributed by atoms with Crippen LogP contribution >= 0.6 is 0 Å². The summed E-state index contributed by atoms with van der Waals surface area (Å²) in [5, 5.41) is 13.7. The highest BCUT2D eigenvalue weighted by molar-refractivity contribution is 5.97. The second kappa shape index (κ2) is 17.1. The Morgan fingerprint density at radius 3 is 1.64 bits per heavy atom. The van der Waals surface area contributed by atoms with Crippen molar-refractivity contribution in [2.24, 2.45) is 5.41 Å². The van der Waals surface area contributed by atoms with Crippen molar-refractivity contribution >= 4 is 45.2 Å². The van der Waals surface area contributed by atoms with Crippen LogP contribution in [0.2, 0.25) is 0 Å². The maximum Gasteiger partial charge on any atom is 0.311 e. The zero-order valence-corrected chi connectivity index (χ0v) is 36.0. The number of carbonyl (C=O) groups excluding carboxylic acids is 1. The normalized spacial score (nSPS) is 15.7. The predicted molar refractivity (Wildman–Crippen MR) is 245 cm³/mol. The smallest absolute Gasteiger partial charge is 0.311 e. The van der Waals surface area contributed by atoms with Crippen molar-refractivity contribution < 1.29 is 9.53 Å². The van der Waals surface area contributed by atoms with Gasteiger partial charge in [-0.1, -0.05) is 103 Å². The summed E-state index contributed by atoms with van der Waals surface area (Å²) in [5.41, 5.74) is 16.2. The van der Waals surface area contributed by atoms with Crippen molar-refractivity contribution in [1.29, 1.82) is 0 Å². The Hall–Kier alpha value is -5.55. The molecule has 0 bridgehead atoms. The molecule has 3 N–H and O–H groups in total. The minimum Gasteiger partial charge on any atom is -0.460 e. The summed E-state index contributed by atoms with van der Waals surface area (Å²) in [7, 11) is 0. The molecule has 5 heteroatoms. The number of anilines is 5. The standard InChI is InChI=1S/C53H61N3O2/c1-10-53(8,9)52(57)58-48-18-14-13-17-47(48)56-46-28-27-45(43-15-11-12-16-44(43)46)49(39-19-23-41(24-20-39)54-50-35(4)29-33(2)30-36(50)5)40-21-25-42(26-22-40)55-51-37(6)31-34(3)32-38(51)7/h11-12,15-16,19-32,47-49,54-56H,10,13-14,17-18H2,1-9H3. The molecule has 0 amide bonds. The van der Waals surface area contributed by atoms with Gasteiger partial charge in [0.05, 0.1) is 11.5 Å². The molecule has 0 saturated heterocycles. The minimum absolute atomic E-state index is 0.0209. The van der Waals surface area contributed by atoms with E-state index in [-0.39, 0.29) is 24.0 Å². The van der Waals surface area contributed by atoms with Crippen molar-refractivity contribution in [2.75, 3.05) is 16.0 Å². The van der Waals surface area contributed by atoms with E-state index >= 15 is 0 Å². The van der Waals surface area contributed by atoms with E-state index < -0.39 is 5.41 Å². The fourth-order valence-electron chi connectivity index (χ4n) is 8.86. The zero-order valence-electron chi connectivity index (χ0n) is 36.0. The SMILES string of the molecule is CCC(C)(C)C(=O)OC1CCCCC1Nc1ccc(C(c2ccc(Nc3c(C)cc(C)cc3C)cc2)c2ccc(Nc3c(C)cc(C)cc3C)cc2)c2ccccc12. The molecular formula is C53H61N3O2. The summed E-state index contributed by atoms with van der Waals surface area (Å²) < 4.78 is 6.24. The van der Waals surface area contributed by atoms with Gasteiger partial charge in [0.25, 0.3) is 0 Å². The van der Waals surface area contributed by atoms with Gasteiger partial charge in [-0.15, -0.1) is 0 Å².